The van der Waals surface area contributed by atoms with Gasteiger partial charge in [0.2, 0.25) is 24.1 Å². The average molecular weight is 407 g/mol. The number of hydrogen-bond donors (Lipinski definition) is 6. The van der Waals surface area contributed by atoms with Gasteiger partial charge in [-0.25, -0.2) is 0 Å². The predicted octanol–water partition coefficient (Wildman–Crippen LogP) is -1.51. The van der Waals surface area contributed by atoms with E-state index in [1.807, 2.05) is 0 Å². The van der Waals surface area contributed by atoms with E-state index in [4.69, 9.17) is 11.5 Å². The monoisotopic (exact) mass is 407 g/mol. The molecule has 1 unspecified atom stereocenters. The molecule has 0 saturated heterocycles. The molecule has 29 heavy (non-hydrogen) atoms. The number of aromatic hydroxyl groups is 1. The number of rotatable bonds is 12. The molecule has 0 radical (unpaired) electrons. The number of benzene rings is 1. The number of nitrogens with two attached hydrogens (primary N) is 2. The van der Waals surface area contributed by atoms with Crippen molar-refractivity contribution >= 4 is 24.1 Å². The van der Waals surface area contributed by atoms with E-state index in [9.17, 15) is 24.3 Å². The van der Waals surface area contributed by atoms with Crippen LogP contribution in [0.5, 0.6) is 5.75 Å². The summed E-state index contributed by atoms with van der Waals surface area (Å²) in [5.41, 5.74) is 12.9. The Morgan fingerprint density at radius 2 is 1.76 bits per heavy atom. The molecule has 10 heteroatoms. The Hall–Kier alpha value is -3.14. The van der Waals surface area contributed by atoms with Gasteiger partial charge in [0, 0.05) is 6.42 Å². The highest BCUT2D eigenvalue weighted by Crippen LogP contribution is 2.22. The lowest BCUT2D eigenvalue weighted by Gasteiger charge is -2.23. The molecule has 8 N–H and O–H groups in total. The van der Waals surface area contributed by atoms with Crippen LogP contribution in [0.15, 0.2) is 12.1 Å². The van der Waals surface area contributed by atoms with E-state index in [0.717, 1.165) is 16.7 Å². The van der Waals surface area contributed by atoms with Crippen LogP contribution in [0.1, 0.15) is 29.5 Å². The molecule has 1 aromatic rings. The summed E-state index contributed by atoms with van der Waals surface area (Å²) in [6.45, 7) is 3.55. The van der Waals surface area contributed by atoms with Gasteiger partial charge in [-0.15, -0.1) is 0 Å². The molecule has 1 aromatic carbocycles. The Morgan fingerprint density at radius 1 is 1.14 bits per heavy atom. The summed E-state index contributed by atoms with van der Waals surface area (Å²) in [4.78, 5) is 46.9. The van der Waals surface area contributed by atoms with E-state index < -0.39 is 29.8 Å². The van der Waals surface area contributed by atoms with Gasteiger partial charge in [-0.2, -0.15) is 0 Å². The molecule has 0 fully saturated rings. The number of hydrogen-bond acceptors (Lipinski definition) is 6. The summed E-state index contributed by atoms with van der Waals surface area (Å²) in [6, 6.07) is 1.28. The number of primary amides is 1. The van der Waals surface area contributed by atoms with E-state index in [0.29, 0.717) is 19.4 Å². The predicted molar refractivity (Wildman–Crippen MR) is 107 cm³/mol. The summed E-state index contributed by atoms with van der Waals surface area (Å²) >= 11 is 0. The Kier molecular flexibility index (Phi) is 9.60. The first-order valence-electron chi connectivity index (χ1n) is 9.24. The van der Waals surface area contributed by atoms with Crippen molar-refractivity contribution < 1.29 is 24.3 Å². The minimum absolute atomic E-state index is 0.112. The van der Waals surface area contributed by atoms with Crippen LogP contribution in [0.3, 0.4) is 0 Å². The first kappa shape index (κ1) is 23.9. The SMILES string of the molecule is Cc1cc(O)cc(C)c1C[C@H](NC=O)C(=O)NC(CCCN)C(=O)NCC(N)=O. The van der Waals surface area contributed by atoms with Gasteiger partial charge in [0.15, 0.2) is 0 Å². The Balaban J connectivity index is 2.96. The van der Waals surface area contributed by atoms with Crippen molar-refractivity contribution in [2.75, 3.05) is 13.1 Å². The number of amides is 4. The van der Waals surface area contributed by atoms with Gasteiger partial charge in [-0.3, -0.25) is 19.2 Å². The van der Waals surface area contributed by atoms with Crippen molar-refractivity contribution in [2.45, 2.75) is 45.2 Å². The van der Waals surface area contributed by atoms with Crippen LogP contribution in [0.4, 0.5) is 0 Å². The summed E-state index contributed by atoms with van der Waals surface area (Å²) in [5, 5.41) is 17.1. The molecule has 4 amide bonds. The average Bonchev–Trinajstić information content (AvgIpc) is 2.64. The third kappa shape index (κ3) is 7.78. The standard InChI is InChI=1S/C19H29N5O5/c1-11-6-13(26)7-12(2)14(11)8-16(23-10-25)19(29)24-15(4-3-5-20)18(28)22-9-17(21)27/h6-7,10,15-16,26H,3-5,8-9,20H2,1-2H3,(H2,21,27)(H,22,28)(H,23,25)(H,24,29)/t15?,16-/m0/s1. The second-order valence-electron chi connectivity index (χ2n) is 6.78. The third-order valence-corrected chi connectivity index (χ3v) is 4.44. The second kappa shape index (κ2) is 11.6. The van der Waals surface area contributed by atoms with Crippen LogP contribution in [0.25, 0.3) is 0 Å². The molecule has 0 bridgehead atoms. The Morgan fingerprint density at radius 3 is 2.28 bits per heavy atom. The normalized spacial score (nSPS) is 12.5. The fourth-order valence-corrected chi connectivity index (χ4v) is 2.97. The van der Waals surface area contributed by atoms with Crippen LogP contribution in [0, 0.1) is 13.8 Å². The van der Waals surface area contributed by atoms with Gasteiger partial charge in [0.05, 0.1) is 6.54 Å². The molecule has 0 heterocycles. The maximum atomic E-state index is 12.8. The summed E-state index contributed by atoms with van der Waals surface area (Å²) in [7, 11) is 0. The van der Waals surface area contributed by atoms with Gasteiger partial charge in [0.1, 0.15) is 17.8 Å². The topological polar surface area (TPSA) is 177 Å². The number of carbonyl (C=O) groups excluding carboxylic acids is 4. The molecule has 1 rings (SSSR count). The molecular formula is C19H29N5O5. The molecule has 0 saturated carbocycles. The van der Waals surface area contributed by atoms with Crippen molar-refractivity contribution in [1.29, 1.82) is 0 Å². The molecule has 0 aliphatic rings. The van der Waals surface area contributed by atoms with Crippen LogP contribution < -0.4 is 27.4 Å². The lowest BCUT2D eigenvalue weighted by atomic mass is 9.95. The molecule has 10 nitrogen and oxygen atoms in total. The van der Waals surface area contributed by atoms with Gasteiger partial charge in [-0.05, 0) is 62.1 Å². The smallest absolute Gasteiger partial charge is 0.243 e. The van der Waals surface area contributed by atoms with Crippen molar-refractivity contribution in [3.63, 3.8) is 0 Å². The van der Waals surface area contributed by atoms with Gasteiger partial charge in [-0.1, -0.05) is 0 Å². The Labute approximate surface area is 169 Å². The third-order valence-electron chi connectivity index (χ3n) is 4.44. The fraction of sp³-hybridized carbons (Fsp3) is 0.474. The fourth-order valence-electron chi connectivity index (χ4n) is 2.97. The quantitative estimate of drug-likeness (QED) is 0.229. The van der Waals surface area contributed by atoms with Gasteiger partial charge < -0.3 is 32.5 Å². The lowest BCUT2D eigenvalue weighted by Crippen LogP contribution is -2.54. The number of phenols is 1. The van der Waals surface area contributed by atoms with Crippen LogP contribution >= 0.6 is 0 Å². The summed E-state index contributed by atoms with van der Waals surface area (Å²) < 4.78 is 0. The number of phenolic OH excluding ortho intramolecular Hbond substituents is 1. The number of carbonyl (C=O) groups is 4. The molecule has 0 aliphatic carbocycles. The molecule has 0 aromatic heterocycles. The minimum Gasteiger partial charge on any atom is -0.508 e. The van der Waals surface area contributed by atoms with Gasteiger partial charge in [0.25, 0.3) is 0 Å². The van der Waals surface area contributed by atoms with E-state index in [1.165, 1.54) is 0 Å². The molecule has 2 atom stereocenters. The first-order chi connectivity index (χ1) is 13.7. The summed E-state index contributed by atoms with van der Waals surface area (Å²) in [5.74, 6) is -1.71. The van der Waals surface area contributed by atoms with Crippen molar-refractivity contribution in [2.24, 2.45) is 11.5 Å². The van der Waals surface area contributed by atoms with E-state index in [1.54, 1.807) is 26.0 Å². The molecular weight excluding hydrogens is 378 g/mol. The van der Waals surface area contributed by atoms with Crippen LogP contribution in [-0.2, 0) is 25.6 Å². The zero-order valence-electron chi connectivity index (χ0n) is 16.7. The minimum atomic E-state index is -0.932. The van der Waals surface area contributed by atoms with E-state index in [-0.39, 0.29) is 25.1 Å². The van der Waals surface area contributed by atoms with Crippen molar-refractivity contribution in [1.82, 2.24) is 16.0 Å². The second-order valence-corrected chi connectivity index (χ2v) is 6.78. The zero-order valence-corrected chi connectivity index (χ0v) is 16.7. The maximum absolute atomic E-state index is 12.8. The maximum Gasteiger partial charge on any atom is 0.243 e. The molecule has 0 spiro atoms. The van der Waals surface area contributed by atoms with Crippen LogP contribution in [0.2, 0.25) is 0 Å². The zero-order chi connectivity index (χ0) is 22.0. The summed E-state index contributed by atoms with van der Waals surface area (Å²) in [6.07, 6.45) is 1.32. The largest absolute Gasteiger partial charge is 0.508 e. The first-order valence-corrected chi connectivity index (χ1v) is 9.24. The van der Waals surface area contributed by atoms with Crippen molar-refractivity contribution in [3.05, 3.63) is 28.8 Å². The highest BCUT2D eigenvalue weighted by molar-refractivity contribution is 5.92. The van der Waals surface area contributed by atoms with Gasteiger partial charge >= 0.3 is 0 Å². The number of aryl methyl sites for hydroxylation is 2. The lowest BCUT2D eigenvalue weighted by molar-refractivity contribution is -0.131. The van der Waals surface area contributed by atoms with E-state index >= 15 is 0 Å². The highest BCUT2D eigenvalue weighted by atomic mass is 16.3. The molecule has 160 valence electrons. The van der Waals surface area contributed by atoms with Crippen LogP contribution in [-0.4, -0.2) is 54.4 Å². The van der Waals surface area contributed by atoms with E-state index in [2.05, 4.69) is 16.0 Å². The molecule has 0 aliphatic heterocycles. The Bertz CT molecular complexity index is 730. The van der Waals surface area contributed by atoms with Crippen molar-refractivity contribution in [3.8, 4) is 5.75 Å². The highest BCUT2D eigenvalue weighted by Gasteiger charge is 2.26. The number of nitrogens with one attached hydrogen (secondary N) is 3.